The largest absolute Gasteiger partial charge is 0.447 e. The van der Waals surface area contributed by atoms with Gasteiger partial charge in [0.25, 0.3) is 0 Å². The van der Waals surface area contributed by atoms with Crippen molar-refractivity contribution in [3.8, 4) is 0 Å². The zero-order chi connectivity index (χ0) is 19.0. The van der Waals surface area contributed by atoms with Gasteiger partial charge in [-0.1, -0.05) is 74.9 Å². The molecule has 0 saturated heterocycles. The molecule has 0 radical (unpaired) electrons. The highest BCUT2D eigenvalue weighted by atomic mass is 16.6. The van der Waals surface area contributed by atoms with Gasteiger partial charge in [-0.3, -0.25) is 4.79 Å². The van der Waals surface area contributed by atoms with Crippen LogP contribution in [0.15, 0.2) is 60.7 Å². The average Bonchev–Trinajstić information content (AvgIpc) is 2.66. The Morgan fingerprint density at radius 1 is 1.00 bits per heavy atom. The van der Waals surface area contributed by atoms with Crippen molar-refractivity contribution in [1.29, 1.82) is 0 Å². The standard InChI is InChI=1S/C23H26O3/c1-4-17-23(5-2,22(25)20-14-10-9-11-18(20)3)26-21(24)16-15-19-12-7-6-8-13-19/h6-16H,4-5,17H2,1-3H3/b16-15+. The van der Waals surface area contributed by atoms with Gasteiger partial charge in [-0.05, 0) is 37.0 Å². The second-order valence-corrected chi connectivity index (χ2v) is 6.41. The highest BCUT2D eigenvalue weighted by molar-refractivity contribution is 6.05. The molecule has 2 rings (SSSR count). The van der Waals surface area contributed by atoms with Crippen molar-refractivity contribution < 1.29 is 14.3 Å². The van der Waals surface area contributed by atoms with E-state index in [0.717, 1.165) is 17.5 Å². The van der Waals surface area contributed by atoms with E-state index in [-0.39, 0.29) is 5.78 Å². The molecule has 136 valence electrons. The van der Waals surface area contributed by atoms with Crippen LogP contribution in [-0.2, 0) is 9.53 Å². The quantitative estimate of drug-likeness (QED) is 0.364. The maximum absolute atomic E-state index is 13.2. The van der Waals surface area contributed by atoms with E-state index < -0.39 is 11.6 Å². The van der Waals surface area contributed by atoms with Gasteiger partial charge in [-0.25, -0.2) is 4.79 Å². The molecule has 0 aliphatic carbocycles. The lowest BCUT2D eigenvalue weighted by atomic mass is 9.84. The maximum atomic E-state index is 13.2. The minimum Gasteiger partial charge on any atom is -0.447 e. The Balaban J connectivity index is 2.25. The van der Waals surface area contributed by atoms with Crippen LogP contribution in [0.1, 0.15) is 54.6 Å². The summed E-state index contributed by atoms with van der Waals surface area (Å²) in [7, 11) is 0. The van der Waals surface area contributed by atoms with Crippen LogP contribution < -0.4 is 0 Å². The van der Waals surface area contributed by atoms with Gasteiger partial charge >= 0.3 is 5.97 Å². The minimum absolute atomic E-state index is 0.124. The van der Waals surface area contributed by atoms with Gasteiger partial charge in [0.15, 0.2) is 5.60 Å². The van der Waals surface area contributed by atoms with Crippen molar-refractivity contribution in [2.45, 2.75) is 45.6 Å². The number of esters is 1. The van der Waals surface area contributed by atoms with E-state index in [1.54, 1.807) is 12.1 Å². The van der Waals surface area contributed by atoms with Crippen LogP contribution in [0.25, 0.3) is 6.08 Å². The topological polar surface area (TPSA) is 43.4 Å². The summed E-state index contributed by atoms with van der Waals surface area (Å²) >= 11 is 0. The molecule has 3 nitrogen and oxygen atoms in total. The number of Topliss-reactive ketones (excluding diaryl/α,β-unsaturated/α-hetero) is 1. The summed E-state index contributed by atoms with van der Waals surface area (Å²) in [5, 5.41) is 0. The van der Waals surface area contributed by atoms with Crippen LogP contribution >= 0.6 is 0 Å². The van der Waals surface area contributed by atoms with Gasteiger partial charge in [0.2, 0.25) is 5.78 Å². The van der Waals surface area contributed by atoms with Crippen LogP contribution in [0.5, 0.6) is 0 Å². The van der Waals surface area contributed by atoms with E-state index in [4.69, 9.17) is 4.74 Å². The number of rotatable bonds is 8. The van der Waals surface area contributed by atoms with Gasteiger partial charge < -0.3 is 4.74 Å². The van der Waals surface area contributed by atoms with Crippen molar-refractivity contribution in [1.82, 2.24) is 0 Å². The highest BCUT2D eigenvalue weighted by Gasteiger charge is 2.40. The summed E-state index contributed by atoms with van der Waals surface area (Å²) in [6.45, 7) is 5.78. The Hall–Kier alpha value is -2.68. The molecule has 1 atom stereocenters. The first-order valence-electron chi connectivity index (χ1n) is 9.09. The summed E-state index contributed by atoms with van der Waals surface area (Å²) in [6.07, 6.45) is 4.79. The minimum atomic E-state index is -1.13. The highest BCUT2D eigenvalue weighted by Crippen LogP contribution is 2.29. The predicted octanol–water partition coefficient (Wildman–Crippen LogP) is 5.38. The maximum Gasteiger partial charge on any atom is 0.331 e. The summed E-state index contributed by atoms with van der Waals surface area (Å²) < 4.78 is 5.75. The molecule has 0 fully saturated rings. The first kappa shape index (κ1) is 19.6. The van der Waals surface area contributed by atoms with Crippen molar-refractivity contribution >= 4 is 17.8 Å². The third-order valence-corrected chi connectivity index (χ3v) is 4.54. The smallest absolute Gasteiger partial charge is 0.331 e. The molecule has 2 aromatic carbocycles. The number of hydrogen-bond acceptors (Lipinski definition) is 3. The number of carbonyl (C=O) groups excluding carboxylic acids is 2. The molecule has 1 unspecified atom stereocenters. The molecule has 0 aliphatic rings. The third kappa shape index (κ3) is 4.69. The molecule has 26 heavy (non-hydrogen) atoms. The van der Waals surface area contributed by atoms with Crippen LogP contribution in [0, 0.1) is 6.92 Å². The van der Waals surface area contributed by atoms with Crippen molar-refractivity contribution in [3.63, 3.8) is 0 Å². The fourth-order valence-corrected chi connectivity index (χ4v) is 3.05. The molecule has 0 aliphatic heterocycles. The predicted molar refractivity (Wildman–Crippen MR) is 105 cm³/mol. The van der Waals surface area contributed by atoms with Gasteiger partial charge in [0.1, 0.15) is 0 Å². The van der Waals surface area contributed by atoms with Crippen molar-refractivity contribution in [2.24, 2.45) is 0 Å². The summed E-state index contributed by atoms with van der Waals surface area (Å²) in [6, 6.07) is 17.0. The van der Waals surface area contributed by atoms with Gasteiger partial charge in [-0.2, -0.15) is 0 Å². The number of carbonyl (C=O) groups is 2. The van der Waals surface area contributed by atoms with Crippen LogP contribution in [-0.4, -0.2) is 17.4 Å². The van der Waals surface area contributed by atoms with E-state index in [1.165, 1.54) is 6.08 Å². The number of aryl methyl sites for hydroxylation is 1. The number of hydrogen-bond donors (Lipinski definition) is 0. The Bertz CT molecular complexity index is 777. The zero-order valence-electron chi connectivity index (χ0n) is 15.7. The molecule has 0 bridgehead atoms. The monoisotopic (exact) mass is 350 g/mol. The molecule has 0 spiro atoms. The summed E-state index contributed by atoms with van der Waals surface area (Å²) in [4.78, 5) is 25.6. The number of ketones is 1. The summed E-state index contributed by atoms with van der Waals surface area (Å²) in [5.74, 6) is -0.618. The van der Waals surface area contributed by atoms with E-state index in [2.05, 4.69) is 0 Å². The molecule has 0 heterocycles. The van der Waals surface area contributed by atoms with Gasteiger partial charge in [-0.15, -0.1) is 0 Å². The second kappa shape index (κ2) is 9.14. The van der Waals surface area contributed by atoms with E-state index in [9.17, 15) is 9.59 Å². The lowest BCUT2D eigenvalue weighted by molar-refractivity contribution is -0.150. The fourth-order valence-electron chi connectivity index (χ4n) is 3.05. The van der Waals surface area contributed by atoms with Gasteiger partial charge in [0.05, 0.1) is 0 Å². The Labute approximate surface area is 155 Å². The molecule has 2 aromatic rings. The lowest BCUT2D eigenvalue weighted by Crippen LogP contribution is -2.43. The van der Waals surface area contributed by atoms with E-state index >= 15 is 0 Å². The Morgan fingerprint density at radius 2 is 1.65 bits per heavy atom. The first-order valence-corrected chi connectivity index (χ1v) is 9.09. The SMILES string of the molecule is CCCC(CC)(OC(=O)/C=C/c1ccccc1)C(=O)c1ccccc1C. The second-order valence-electron chi connectivity index (χ2n) is 6.41. The molecule has 0 aromatic heterocycles. The number of ether oxygens (including phenoxy) is 1. The molecule has 3 heteroatoms. The molecule has 0 amide bonds. The summed E-state index contributed by atoms with van der Waals surface area (Å²) in [5.41, 5.74) is 1.29. The molecular formula is C23H26O3. The van der Waals surface area contributed by atoms with E-state index in [1.807, 2.05) is 69.3 Å². The van der Waals surface area contributed by atoms with Crippen LogP contribution in [0.2, 0.25) is 0 Å². The fraction of sp³-hybridized carbons (Fsp3) is 0.304. The Kier molecular flexibility index (Phi) is 6.90. The molecular weight excluding hydrogens is 324 g/mol. The third-order valence-electron chi connectivity index (χ3n) is 4.54. The first-order chi connectivity index (χ1) is 12.5. The van der Waals surface area contributed by atoms with E-state index in [0.29, 0.717) is 18.4 Å². The molecule has 0 saturated carbocycles. The van der Waals surface area contributed by atoms with Crippen LogP contribution in [0.4, 0.5) is 0 Å². The number of benzene rings is 2. The van der Waals surface area contributed by atoms with Crippen molar-refractivity contribution in [2.75, 3.05) is 0 Å². The van der Waals surface area contributed by atoms with Gasteiger partial charge in [0, 0.05) is 11.6 Å². The average molecular weight is 350 g/mol. The normalized spacial score (nSPS) is 13.3. The Morgan fingerprint density at radius 3 is 2.27 bits per heavy atom. The van der Waals surface area contributed by atoms with Crippen LogP contribution in [0.3, 0.4) is 0 Å². The zero-order valence-corrected chi connectivity index (χ0v) is 15.7. The lowest BCUT2D eigenvalue weighted by Gasteiger charge is -2.31. The van der Waals surface area contributed by atoms with Crippen molar-refractivity contribution in [3.05, 3.63) is 77.4 Å². The molecule has 0 N–H and O–H groups in total.